The number of anilines is 2. The monoisotopic (exact) mass is 374 g/mol. The predicted octanol–water partition coefficient (Wildman–Crippen LogP) is 3.16. The zero-order valence-corrected chi connectivity index (χ0v) is 15.1. The van der Waals surface area contributed by atoms with Crippen LogP contribution in [0, 0.1) is 11.8 Å². The first-order chi connectivity index (χ1) is 13.5. The number of hydrogen-bond acceptors (Lipinski definition) is 4. The van der Waals surface area contributed by atoms with Crippen LogP contribution in [0.5, 0.6) is 0 Å². The van der Waals surface area contributed by atoms with E-state index in [4.69, 9.17) is 0 Å². The number of amides is 2. The average Bonchev–Trinajstić information content (AvgIpc) is 3.57. The molecule has 2 aromatic carbocycles. The van der Waals surface area contributed by atoms with Crippen LogP contribution >= 0.6 is 0 Å². The number of carbonyl (C=O) groups excluding carboxylic acids is 4. The van der Waals surface area contributed by atoms with Crippen molar-refractivity contribution in [3.63, 3.8) is 0 Å². The largest absolute Gasteiger partial charge is 0.325 e. The lowest BCUT2D eigenvalue weighted by Crippen LogP contribution is -2.26. The molecule has 0 radical (unpaired) electrons. The second kappa shape index (κ2) is 6.12. The molecule has 6 heteroatoms. The zero-order valence-electron chi connectivity index (χ0n) is 15.1. The Balaban J connectivity index is 1.56. The van der Waals surface area contributed by atoms with E-state index in [1.807, 2.05) is 0 Å². The highest BCUT2D eigenvalue weighted by molar-refractivity contribution is 6.32. The van der Waals surface area contributed by atoms with Crippen molar-refractivity contribution in [3.05, 3.63) is 58.7 Å². The second-order valence-electron chi connectivity index (χ2n) is 7.64. The molecule has 28 heavy (non-hydrogen) atoms. The van der Waals surface area contributed by atoms with Crippen molar-refractivity contribution in [2.75, 3.05) is 10.6 Å². The van der Waals surface area contributed by atoms with Gasteiger partial charge in [-0.05, 0) is 37.8 Å². The fraction of sp³-hybridized carbons (Fsp3) is 0.273. The Hall–Kier alpha value is -3.28. The summed E-state index contributed by atoms with van der Waals surface area (Å²) < 4.78 is 0. The third-order valence-electron chi connectivity index (χ3n) is 5.48. The predicted molar refractivity (Wildman–Crippen MR) is 102 cm³/mol. The summed E-state index contributed by atoms with van der Waals surface area (Å²) in [6, 6.07) is 9.78. The molecule has 3 aliphatic carbocycles. The smallest absolute Gasteiger partial charge is 0.227 e. The van der Waals surface area contributed by atoms with E-state index >= 15 is 0 Å². The molecule has 6 nitrogen and oxygen atoms in total. The Kier molecular flexibility index (Phi) is 3.69. The molecule has 3 aliphatic rings. The lowest BCUT2D eigenvalue weighted by molar-refractivity contribution is -0.118. The van der Waals surface area contributed by atoms with E-state index in [0.717, 1.165) is 25.7 Å². The summed E-state index contributed by atoms with van der Waals surface area (Å²) in [6.07, 6.45) is 3.39. The van der Waals surface area contributed by atoms with Gasteiger partial charge in [-0.1, -0.05) is 24.3 Å². The quantitative estimate of drug-likeness (QED) is 0.734. The highest BCUT2D eigenvalue weighted by Crippen LogP contribution is 2.37. The molecule has 0 unspecified atom stereocenters. The number of hydrogen-bond donors (Lipinski definition) is 2. The van der Waals surface area contributed by atoms with E-state index in [-0.39, 0.29) is 57.5 Å². The van der Waals surface area contributed by atoms with Gasteiger partial charge in [-0.2, -0.15) is 0 Å². The highest BCUT2D eigenvalue weighted by Gasteiger charge is 2.37. The van der Waals surface area contributed by atoms with Crippen LogP contribution in [0.1, 0.15) is 57.5 Å². The van der Waals surface area contributed by atoms with Gasteiger partial charge in [-0.15, -0.1) is 0 Å². The van der Waals surface area contributed by atoms with Crippen molar-refractivity contribution in [3.8, 4) is 0 Å². The number of nitrogens with one attached hydrogen (secondary N) is 2. The number of carbonyl (C=O) groups is 4. The van der Waals surface area contributed by atoms with E-state index in [1.165, 1.54) is 0 Å². The van der Waals surface area contributed by atoms with Crippen LogP contribution in [0.25, 0.3) is 0 Å². The van der Waals surface area contributed by atoms with Crippen molar-refractivity contribution in [1.82, 2.24) is 0 Å². The molecule has 0 saturated heterocycles. The molecule has 2 N–H and O–H groups in total. The Morgan fingerprint density at radius 1 is 0.679 bits per heavy atom. The first-order valence-electron chi connectivity index (χ1n) is 9.51. The van der Waals surface area contributed by atoms with Crippen molar-refractivity contribution in [2.45, 2.75) is 25.7 Å². The van der Waals surface area contributed by atoms with Crippen molar-refractivity contribution >= 4 is 34.8 Å². The van der Waals surface area contributed by atoms with Gasteiger partial charge >= 0.3 is 0 Å². The first kappa shape index (κ1) is 16.9. The minimum atomic E-state index is -0.321. The molecule has 0 aromatic heterocycles. The van der Waals surface area contributed by atoms with Crippen LogP contribution in [-0.4, -0.2) is 23.4 Å². The molecule has 0 aliphatic heterocycles. The first-order valence-corrected chi connectivity index (χ1v) is 9.51. The van der Waals surface area contributed by atoms with E-state index < -0.39 is 0 Å². The van der Waals surface area contributed by atoms with Gasteiger partial charge < -0.3 is 10.6 Å². The molecule has 2 fully saturated rings. The molecule has 0 spiro atoms. The standard InChI is InChI=1S/C22H18N2O4/c25-19-13-3-1-5-15(23-21(27)11-7-8-11)17(13)20(26)14-4-2-6-16(18(14)19)24-22(28)12-9-10-12/h1-6,11-12H,7-10H2,(H,23,27)(H,24,28). The zero-order chi connectivity index (χ0) is 19.4. The topological polar surface area (TPSA) is 92.3 Å². The molecule has 2 amide bonds. The second-order valence-corrected chi connectivity index (χ2v) is 7.64. The fourth-order valence-electron chi connectivity index (χ4n) is 3.61. The maximum absolute atomic E-state index is 13.2. The Morgan fingerprint density at radius 2 is 1.07 bits per heavy atom. The Morgan fingerprint density at radius 3 is 1.43 bits per heavy atom. The summed E-state index contributed by atoms with van der Waals surface area (Å²) in [6.45, 7) is 0. The van der Waals surface area contributed by atoms with Gasteiger partial charge in [0.2, 0.25) is 11.8 Å². The van der Waals surface area contributed by atoms with Crippen molar-refractivity contribution in [1.29, 1.82) is 0 Å². The fourth-order valence-corrected chi connectivity index (χ4v) is 3.61. The van der Waals surface area contributed by atoms with Gasteiger partial charge in [0.05, 0.1) is 22.5 Å². The minimum Gasteiger partial charge on any atom is -0.325 e. The molecular weight excluding hydrogens is 356 g/mol. The lowest BCUT2D eigenvalue weighted by Gasteiger charge is -2.22. The van der Waals surface area contributed by atoms with Gasteiger partial charge in [0.15, 0.2) is 11.6 Å². The van der Waals surface area contributed by atoms with Gasteiger partial charge in [-0.25, -0.2) is 0 Å². The summed E-state index contributed by atoms with van der Waals surface area (Å²) in [5.41, 5.74) is 1.68. The summed E-state index contributed by atoms with van der Waals surface area (Å²) >= 11 is 0. The highest BCUT2D eigenvalue weighted by atomic mass is 16.2. The van der Waals surface area contributed by atoms with Crippen LogP contribution in [0.4, 0.5) is 11.4 Å². The molecule has 0 bridgehead atoms. The minimum absolute atomic E-state index is 0.0122. The molecule has 0 atom stereocenters. The van der Waals surface area contributed by atoms with Gasteiger partial charge in [0, 0.05) is 23.0 Å². The molecule has 140 valence electrons. The third-order valence-corrected chi connectivity index (χ3v) is 5.48. The summed E-state index contributed by atoms with van der Waals surface area (Å²) in [4.78, 5) is 50.8. The number of fused-ring (bicyclic) bond motifs is 2. The summed E-state index contributed by atoms with van der Waals surface area (Å²) in [7, 11) is 0. The van der Waals surface area contributed by atoms with E-state index in [9.17, 15) is 19.2 Å². The normalized spacial score (nSPS) is 17.6. The van der Waals surface area contributed by atoms with Crippen molar-refractivity contribution in [2.24, 2.45) is 11.8 Å². The maximum atomic E-state index is 13.2. The number of benzene rings is 2. The van der Waals surface area contributed by atoms with Gasteiger partial charge in [0.1, 0.15) is 0 Å². The van der Waals surface area contributed by atoms with Crippen molar-refractivity contribution < 1.29 is 19.2 Å². The van der Waals surface area contributed by atoms with Crippen LogP contribution in [-0.2, 0) is 9.59 Å². The third kappa shape index (κ3) is 2.72. The number of rotatable bonds is 4. The molecule has 0 heterocycles. The van der Waals surface area contributed by atoms with Crippen LogP contribution in [0.3, 0.4) is 0 Å². The number of ketones is 2. The van der Waals surface area contributed by atoms with Gasteiger partial charge in [-0.3, -0.25) is 19.2 Å². The van der Waals surface area contributed by atoms with Crippen LogP contribution in [0.2, 0.25) is 0 Å². The van der Waals surface area contributed by atoms with E-state index in [2.05, 4.69) is 10.6 Å². The Labute approximate surface area is 161 Å². The maximum Gasteiger partial charge on any atom is 0.227 e. The SMILES string of the molecule is O=C1c2cccc(NC(=O)C3CC3)c2C(=O)c2cccc(NC(=O)C3CC3)c21. The lowest BCUT2D eigenvalue weighted by atomic mass is 9.82. The molecule has 5 rings (SSSR count). The van der Waals surface area contributed by atoms with Gasteiger partial charge in [0.25, 0.3) is 0 Å². The van der Waals surface area contributed by atoms with E-state index in [1.54, 1.807) is 36.4 Å². The summed E-state index contributed by atoms with van der Waals surface area (Å²) in [5.74, 6) is -0.907. The Bertz CT molecular complexity index is 979. The van der Waals surface area contributed by atoms with Crippen LogP contribution in [0.15, 0.2) is 36.4 Å². The van der Waals surface area contributed by atoms with E-state index in [0.29, 0.717) is 11.4 Å². The average molecular weight is 374 g/mol. The molecule has 2 saturated carbocycles. The summed E-state index contributed by atoms with van der Waals surface area (Å²) in [5, 5.41) is 5.60. The molecular formula is C22H18N2O4. The van der Waals surface area contributed by atoms with Crippen LogP contribution < -0.4 is 10.6 Å². The molecule has 2 aromatic rings.